The predicted octanol–water partition coefficient (Wildman–Crippen LogP) is 12.0. The van der Waals surface area contributed by atoms with Gasteiger partial charge < -0.3 is 14.0 Å². The van der Waals surface area contributed by atoms with E-state index in [1.807, 2.05) is 0 Å². The molecular formula is C51H41N3. The summed E-state index contributed by atoms with van der Waals surface area (Å²) in [6.45, 7) is 4.81. The Balaban J connectivity index is 1.09. The van der Waals surface area contributed by atoms with E-state index < -0.39 is 0 Å². The Morgan fingerprint density at radius 1 is 0.574 bits per heavy atom. The average molecular weight is 696 g/mol. The van der Waals surface area contributed by atoms with E-state index in [0.717, 1.165) is 6.42 Å². The summed E-state index contributed by atoms with van der Waals surface area (Å²) >= 11 is 0. The highest BCUT2D eigenvalue weighted by molar-refractivity contribution is 6.12. The Kier molecular flexibility index (Phi) is 6.56. The van der Waals surface area contributed by atoms with Gasteiger partial charge in [-0.15, -0.1) is 0 Å². The Hall–Kier alpha value is -6.32. The van der Waals surface area contributed by atoms with Gasteiger partial charge in [0.2, 0.25) is 0 Å². The molecule has 6 aromatic carbocycles. The Bertz CT molecular complexity index is 2900. The molecule has 8 aromatic rings. The molecule has 0 radical (unpaired) electrons. The number of benzene rings is 6. The third-order valence-electron chi connectivity index (χ3n) is 12.8. The number of hydrogen-bond acceptors (Lipinski definition) is 1. The molecule has 3 unspecified atom stereocenters. The summed E-state index contributed by atoms with van der Waals surface area (Å²) in [4.78, 5) is 2.45. The third-order valence-corrected chi connectivity index (χ3v) is 12.8. The molecule has 1 aliphatic heterocycles. The highest BCUT2D eigenvalue weighted by Crippen LogP contribution is 2.50. The van der Waals surface area contributed by atoms with E-state index in [9.17, 15) is 0 Å². The van der Waals surface area contributed by atoms with Crippen LogP contribution in [0.5, 0.6) is 0 Å². The summed E-state index contributed by atoms with van der Waals surface area (Å²) in [5.74, 6) is 0. The second kappa shape index (κ2) is 11.3. The van der Waals surface area contributed by atoms with Gasteiger partial charge in [0, 0.05) is 56.8 Å². The maximum absolute atomic E-state index is 2.49. The molecule has 0 spiro atoms. The smallest absolute Gasteiger partial charge is 0.0608 e. The largest absolute Gasteiger partial charge is 0.367 e. The minimum absolute atomic E-state index is 0.0526. The van der Waals surface area contributed by atoms with Gasteiger partial charge in [0.05, 0.1) is 22.6 Å². The van der Waals surface area contributed by atoms with Crippen LogP contribution in [-0.4, -0.2) is 22.2 Å². The molecule has 3 aliphatic rings. The zero-order chi connectivity index (χ0) is 36.2. The van der Waals surface area contributed by atoms with Crippen LogP contribution in [0, 0.1) is 0 Å². The van der Waals surface area contributed by atoms with Gasteiger partial charge >= 0.3 is 0 Å². The van der Waals surface area contributed by atoms with Crippen molar-refractivity contribution in [2.24, 2.45) is 0 Å². The summed E-state index contributed by atoms with van der Waals surface area (Å²) in [7, 11) is 2.24. The monoisotopic (exact) mass is 695 g/mol. The zero-order valence-corrected chi connectivity index (χ0v) is 30.9. The van der Waals surface area contributed by atoms with Gasteiger partial charge in [0.15, 0.2) is 0 Å². The lowest BCUT2D eigenvalue weighted by molar-refractivity contribution is 0.543. The standard InChI is InChI=1S/C51H41N3/c1-50(29-28-44-40(33-50)38-19-10-12-22-43(38)53(44)36-15-6-4-7-16-36)42-21-14-24-46-49(42)39-26-25-34(31-47(39)54(46)37-17-8-5-9-18-37)35-27-30-51(2)41-20-11-13-23-45(41)52(3)48(51)32-35/h4-32,48H,33H2,1-3H3. The number of likely N-dealkylation sites (N-methyl/N-ethyl adjacent to an activating group) is 1. The molecule has 3 heteroatoms. The van der Waals surface area contributed by atoms with Crippen LogP contribution in [0.2, 0.25) is 0 Å². The summed E-state index contributed by atoms with van der Waals surface area (Å²) in [6, 6.07) is 53.8. The molecule has 3 atom stereocenters. The summed E-state index contributed by atoms with van der Waals surface area (Å²) in [5.41, 5.74) is 15.1. The number of fused-ring (bicyclic) bond motifs is 9. The van der Waals surface area contributed by atoms with Crippen molar-refractivity contribution in [3.63, 3.8) is 0 Å². The quantitative estimate of drug-likeness (QED) is 0.179. The number of aromatic nitrogens is 2. The van der Waals surface area contributed by atoms with Crippen molar-refractivity contribution < 1.29 is 0 Å². The van der Waals surface area contributed by atoms with Crippen LogP contribution < -0.4 is 4.90 Å². The molecule has 3 nitrogen and oxygen atoms in total. The molecule has 0 saturated heterocycles. The lowest BCUT2D eigenvalue weighted by Gasteiger charge is -2.34. The van der Waals surface area contributed by atoms with Crippen LogP contribution >= 0.6 is 0 Å². The van der Waals surface area contributed by atoms with E-state index in [2.05, 4.69) is 211 Å². The maximum Gasteiger partial charge on any atom is 0.0608 e. The van der Waals surface area contributed by atoms with Gasteiger partial charge in [0.25, 0.3) is 0 Å². The summed E-state index contributed by atoms with van der Waals surface area (Å²) in [5, 5.41) is 3.95. The number of rotatable bonds is 4. The molecular weight excluding hydrogens is 655 g/mol. The SMILES string of the molecule is CN1c2ccccc2C2(C)C=CC(c3ccc4c5c(C6(C)C=Cc7c(c8ccccc8n7-c7ccccc7)C6)cccc5n(-c5ccccc5)c4c3)=CC12. The Morgan fingerprint density at radius 2 is 1.26 bits per heavy atom. The van der Waals surface area contributed by atoms with E-state index in [1.54, 1.807) is 0 Å². The zero-order valence-electron chi connectivity index (χ0n) is 30.9. The first-order valence-corrected chi connectivity index (χ1v) is 19.2. The third kappa shape index (κ3) is 4.30. The topological polar surface area (TPSA) is 13.1 Å². The first-order valence-electron chi connectivity index (χ1n) is 19.2. The lowest BCUT2D eigenvalue weighted by atomic mass is 9.72. The Labute approximate surface area is 316 Å². The number of nitrogens with zero attached hydrogens (tertiary/aromatic N) is 3. The molecule has 260 valence electrons. The van der Waals surface area contributed by atoms with Crippen LogP contribution in [0.15, 0.2) is 170 Å². The fourth-order valence-corrected chi connectivity index (χ4v) is 10.1. The molecule has 2 aliphatic carbocycles. The predicted molar refractivity (Wildman–Crippen MR) is 227 cm³/mol. The van der Waals surface area contributed by atoms with E-state index in [1.165, 1.54) is 83.3 Å². The number of allylic oxidation sites excluding steroid dienone is 3. The highest BCUT2D eigenvalue weighted by Gasteiger charge is 2.45. The molecule has 54 heavy (non-hydrogen) atoms. The molecule has 0 amide bonds. The van der Waals surface area contributed by atoms with Crippen LogP contribution in [0.4, 0.5) is 5.69 Å². The molecule has 0 bridgehead atoms. The highest BCUT2D eigenvalue weighted by atomic mass is 15.2. The normalized spacial score (nSPS) is 21.4. The van der Waals surface area contributed by atoms with Crippen LogP contribution in [0.25, 0.3) is 55.7 Å². The second-order valence-corrected chi connectivity index (χ2v) is 15.9. The first-order chi connectivity index (χ1) is 26.4. The van der Waals surface area contributed by atoms with Gasteiger partial charge in [-0.1, -0.05) is 128 Å². The fourth-order valence-electron chi connectivity index (χ4n) is 10.1. The van der Waals surface area contributed by atoms with Crippen molar-refractivity contribution in [1.29, 1.82) is 0 Å². The van der Waals surface area contributed by atoms with Crippen molar-refractivity contribution >= 4 is 50.0 Å². The van der Waals surface area contributed by atoms with Gasteiger partial charge in [-0.25, -0.2) is 0 Å². The van der Waals surface area contributed by atoms with Crippen LogP contribution in [0.3, 0.4) is 0 Å². The van der Waals surface area contributed by atoms with E-state index in [4.69, 9.17) is 0 Å². The molecule has 11 rings (SSSR count). The van der Waals surface area contributed by atoms with Crippen molar-refractivity contribution in [3.8, 4) is 11.4 Å². The first kappa shape index (κ1) is 31.2. The molecule has 2 aromatic heterocycles. The Morgan fingerprint density at radius 3 is 2.07 bits per heavy atom. The molecule has 0 fully saturated rings. The molecule has 0 saturated carbocycles. The minimum atomic E-state index is -0.215. The second-order valence-electron chi connectivity index (χ2n) is 15.9. The lowest BCUT2D eigenvalue weighted by Crippen LogP contribution is -2.39. The van der Waals surface area contributed by atoms with Crippen molar-refractivity contribution in [2.45, 2.75) is 37.1 Å². The molecule has 3 heterocycles. The van der Waals surface area contributed by atoms with Crippen molar-refractivity contribution in [1.82, 2.24) is 9.13 Å². The number of hydrogen-bond donors (Lipinski definition) is 0. The van der Waals surface area contributed by atoms with Crippen LogP contribution in [-0.2, 0) is 17.3 Å². The number of para-hydroxylation sites is 4. The van der Waals surface area contributed by atoms with Gasteiger partial charge in [-0.3, -0.25) is 0 Å². The van der Waals surface area contributed by atoms with E-state index in [0.29, 0.717) is 0 Å². The average Bonchev–Trinajstić information content (AvgIpc) is 3.81. The minimum Gasteiger partial charge on any atom is -0.367 e. The van der Waals surface area contributed by atoms with Gasteiger partial charge in [-0.2, -0.15) is 0 Å². The summed E-state index contributed by atoms with van der Waals surface area (Å²) < 4.78 is 4.91. The maximum atomic E-state index is 2.49. The van der Waals surface area contributed by atoms with E-state index >= 15 is 0 Å². The van der Waals surface area contributed by atoms with Gasteiger partial charge in [0.1, 0.15) is 0 Å². The fraction of sp³-hybridized carbons (Fsp3) is 0.137. The summed E-state index contributed by atoms with van der Waals surface area (Å²) in [6.07, 6.45) is 13.0. The van der Waals surface area contributed by atoms with Crippen molar-refractivity contribution in [2.75, 3.05) is 11.9 Å². The van der Waals surface area contributed by atoms with E-state index in [-0.39, 0.29) is 16.9 Å². The molecule has 0 N–H and O–H groups in total. The number of anilines is 1. The van der Waals surface area contributed by atoms with Crippen LogP contribution in [0.1, 0.15) is 41.8 Å². The van der Waals surface area contributed by atoms with Crippen molar-refractivity contribution in [3.05, 3.63) is 198 Å². The van der Waals surface area contributed by atoms with Gasteiger partial charge in [-0.05, 0) is 95.8 Å².